The quantitative estimate of drug-likeness (QED) is 0.0926. The Bertz CT molecular complexity index is 1280. The summed E-state index contributed by atoms with van der Waals surface area (Å²) < 4.78 is 9.43. The summed E-state index contributed by atoms with van der Waals surface area (Å²) >= 11 is 0. The monoisotopic (exact) mass is 700 g/mol. The number of benzene rings is 2. The molecule has 0 aliphatic rings. The van der Waals surface area contributed by atoms with Crippen molar-refractivity contribution in [2.45, 2.75) is 157 Å². The fraction of sp³-hybridized carbons (Fsp3) is 0.600. The number of ether oxygens (including phenoxy) is 2. The molecule has 2 aromatic carbocycles. The van der Waals surface area contributed by atoms with Crippen molar-refractivity contribution in [3.8, 4) is 11.5 Å². The van der Waals surface area contributed by atoms with Crippen molar-refractivity contribution in [2.75, 3.05) is 0 Å². The van der Waals surface area contributed by atoms with Gasteiger partial charge in [0.15, 0.2) is 0 Å². The molecule has 10 nitrogen and oxygen atoms in total. The Morgan fingerprint density at radius 2 is 0.720 bits per heavy atom. The molecule has 0 fully saturated rings. The Morgan fingerprint density at radius 1 is 0.500 bits per heavy atom. The molecule has 0 heterocycles. The van der Waals surface area contributed by atoms with Crippen LogP contribution in [0.3, 0.4) is 0 Å². The molecule has 0 aromatic heterocycles. The number of hydrazine groups is 1. The zero-order chi connectivity index (χ0) is 39.4. The number of aryl methyl sites for hydroxylation is 2. The Kier molecular flexibility index (Phi) is 17.6. The van der Waals surface area contributed by atoms with Crippen molar-refractivity contribution >= 4 is 23.9 Å². The summed E-state index contributed by atoms with van der Waals surface area (Å²) in [6, 6.07) is 7.78. The van der Waals surface area contributed by atoms with Gasteiger partial charge in [-0.15, -0.1) is 0 Å². The fourth-order valence-corrected chi connectivity index (χ4v) is 4.96. The van der Waals surface area contributed by atoms with E-state index in [2.05, 4.69) is 11.7 Å². The minimum absolute atomic E-state index is 0.143. The lowest BCUT2D eigenvalue weighted by molar-refractivity contribution is -0.161. The van der Waals surface area contributed by atoms with Crippen LogP contribution < -0.4 is 11.7 Å². The highest BCUT2D eigenvalue weighted by atomic mass is 16.6. The molecule has 0 amide bonds. The second-order valence-electron chi connectivity index (χ2n) is 16.5. The third-order valence-electron chi connectivity index (χ3n) is 7.84. The topological polar surface area (TPSA) is 179 Å². The minimum atomic E-state index is -0.510. The predicted molar refractivity (Wildman–Crippen MR) is 199 cm³/mol. The first kappa shape index (κ1) is 46.2. The summed E-state index contributed by atoms with van der Waals surface area (Å²) in [4.78, 5) is 45.8. The van der Waals surface area contributed by atoms with Crippen LogP contribution in [-0.2, 0) is 63.2 Å². The van der Waals surface area contributed by atoms with Crippen molar-refractivity contribution in [2.24, 2.45) is 11.7 Å². The van der Waals surface area contributed by atoms with Gasteiger partial charge in [0.05, 0.1) is 12.8 Å². The number of nitrogens with two attached hydrogens (primary N) is 2. The molecule has 50 heavy (non-hydrogen) atoms. The molecule has 0 radical (unpaired) electrons. The maximum atomic E-state index is 11.7. The number of aromatic hydroxyl groups is 2. The van der Waals surface area contributed by atoms with E-state index < -0.39 is 23.9 Å². The highest BCUT2D eigenvalue weighted by Gasteiger charge is 2.28. The van der Waals surface area contributed by atoms with Crippen LogP contribution in [0, 0.1) is 0 Å². The molecule has 2 aromatic rings. The highest BCUT2D eigenvalue weighted by Crippen LogP contribution is 2.41. The lowest BCUT2D eigenvalue weighted by atomic mass is 9.78. The van der Waals surface area contributed by atoms with Gasteiger partial charge in [-0.1, -0.05) is 121 Å². The van der Waals surface area contributed by atoms with Gasteiger partial charge in [-0.05, 0) is 67.9 Å². The van der Waals surface area contributed by atoms with E-state index in [1.807, 2.05) is 107 Å². The van der Waals surface area contributed by atoms with Crippen molar-refractivity contribution in [3.63, 3.8) is 0 Å². The Hall–Kier alpha value is -3.76. The second kappa shape index (κ2) is 19.0. The molecule has 282 valence electrons. The number of phenolic OH excluding ortho intramolecular Hbond substituents is 2. The zero-order valence-electron chi connectivity index (χ0n) is 33.1. The molecule has 0 saturated heterocycles. The van der Waals surface area contributed by atoms with E-state index in [0.29, 0.717) is 24.3 Å². The van der Waals surface area contributed by atoms with Crippen LogP contribution in [-0.4, -0.2) is 34.1 Å². The lowest BCUT2D eigenvalue weighted by Crippen LogP contribution is -2.18. The number of carbonyl (C=O) groups excluding carboxylic acids is 4. The predicted octanol–water partition coefficient (Wildman–Crippen LogP) is 7.62. The Balaban J connectivity index is 0.000000915. The Morgan fingerprint density at radius 3 is 0.900 bits per heavy atom. The van der Waals surface area contributed by atoms with Gasteiger partial charge in [0.1, 0.15) is 11.5 Å². The molecule has 10 heteroatoms. The van der Waals surface area contributed by atoms with E-state index in [9.17, 15) is 29.4 Å². The molecule has 0 atom stereocenters. The van der Waals surface area contributed by atoms with Gasteiger partial charge in [-0.2, -0.15) is 0 Å². The molecular weight excluding hydrogens is 636 g/mol. The van der Waals surface area contributed by atoms with Crippen LogP contribution in [0.15, 0.2) is 24.3 Å². The molecule has 0 saturated carbocycles. The van der Waals surface area contributed by atoms with E-state index in [0.717, 1.165) is 33.4 Å². The van der Waals surface area contributed by atoms with Crippen molar-refractivity contribution in [3.05, 3.63) is 57.6 Å². The smallest absolute Gasteiger partial charge is 0.313 e. The summed E-state index contributed by atoms with van der Waals surface area (Å²) in [6.45, 7) is 27.9. The number of esters is 4. The summed E-state index contributed by atoms with van der Waals surface area (Å²) in [5, 5.41) is 21.4. The molecule has 0 unspecified atom stereocenters. The third-order valence-corrected chi connectivity index (χ3v) is 7.84. The zero-order valence-corrected chi connectivity index (χ0v) is 33.1. The number of carbonyl (C=O) groups is 4. The maximum Gasteiger partial charge on any atom is 0.313 e. The van der Waals surface area contributed by atoms with Crippen molar-refractivity contribution in [1.82, 2.24) is 0 Å². The van der Waals surface area contributed by atoms with Crippen LogP contribution in [0.4, 0.5) is 0 Å². The van der Waals surface area contributed by atoms with Gasteiger partial charge in [-0.25, -0.2) is 0 Å². The SMILES string of the molecule is CCC(=O)OC(=O)CCc1cc(C(C)(C)C)c(O)c(C(C)(C)C)c1.CCC(=O)OC(=O)CCc1cc(C(C)(C)C)c(O)c(C(C)(C)C)c1.NN. The summed E-state index contributed by atoms with van der Waals surface area (Å²) in [5.41, 5.74) is 4.54. The number of phenols is 2. The van der Waals surface area contributed by atoms with Crippen LogP contribution in [0.1, 0.15) is 156 Å². The van der Waals surface area contributed by atoms with Crippen LogP contribution in [0.2, 0.25) is 0 Å². The first-order valence-corrected chi connectivity index (χ1v) is 17.3. The molecule has 0 aliphatic heterocycles. The normalized spacial score (nSPS) is 11.8. The van der Waals surface area contributed by atoms with Crippen molar-refractivity contribution < 1.29 is 38.9 Å². The average molecular weight is 701 g/mol. The first-order valence-electron chi connectivity index (χ1n) is 17.3. The van der Waals surface area contributed by atoms with Gasteiger partial charge in [0.25, 0.3) is 0 Å². The van der Waals surface area contributed by atoms with Gasteiger partial charge >= 0.3 is 23.9 Å². The van der Waals surface area contributed by atoms with Gasteiger partial charge in [0.2, 0.25) is 0 Å². The number of rotatable bonds is 8. The maximum absolute atomic E-state index is 11.7. The highest BCUT2D eigenvalue weighted by molar-refractivity contribution is 5.85. The first-order chi connectivity index (χ1) is 22.7. The summed E-state index contributed by atoms with van der Waals surface area (Å²) in [6.07, 6.45) is 1.61. The fourth-order valence-electron chi connectivity index (χ4n) is 4.96. The number of hydrogen-bond donors (Lipinski definition) is 4. The van der Waals surface area contributed by atoms with E-state index in [4.69, 9.17) is 9.47 Å². The van der Waals surface area contributed by atoms with E-state index in [1.54, 1.807) is 13.8 Å². The standard InChI is InChI=1S/2C20H30O4.H4N2/c2*1-8-16(21)24-17(22)10-9-13-11-14(19(2,3)4)18(23)15(12-13)20(5,6)7;1-2/h2*11-12,23H,8-10H2,1-7H3;1-2H2. The van der Waals surface area contributed by atoms with E-state index >= 15 is 0 Å². The molecule has 0 aliphatic carbocycles. The van der Waals surface area contributed by atoms with Crippen molar-refractivity contribution in [1.29, 1.82) is 0 Å². The third kappa shape index (κ3) is 15.0. The van der Waals surface area contributed by atoms with Crippen LogP contribution in [0.25, 0.3) is 0 Å². The van der Waals surface area contributed by atoms with Gasteiger partial charge < -0.3 is 19.7 Å². The minimum Gasteiger partial charge on any atom is -0.507 e. The average Bonchev–Trinajstić information content (AvgIpc) is 2.98. The van der Waals surface area contributed by atoms with Crippen LogP contribution in [0.5, 0.6) is 11.5 Å². The molecule has 2 rings (SSSR count). The molecule has 0 bridgehead atoms. The van der Waals surface area contributed by atoms with E-state index in [1.165, 1.54) is 0 Å². The largest absolute Gasteiger partial charge is 0.507 e. The Labute approximate surface area is 300 Å². The lowest BCUT2D eigenvalue weighted by Gasteiger charge is -2.28. The van der Waals surface area contributed by atoms with Gasteiger partial charge in [0, 0.05) is 12.8 Å². The summed E-state index contributed by atoms with van der Waals surface area (Å²) in [7, 11) is 0. The second-order valence-corrected chi connectivity index (χ2v) is 16.5. The van der Waals surface area contributed by atoms with Gasteiger partial charge in [-0.3, -0.25) is 30.9 Å². The molecule has 6 N–H and O–H groups in total. The molecule has 0 spiro atoms. The van der Waals surface area contributed by atoms with E-state index in [-0.39, 0.29) is 47.3 Å². The van der Waals surface area contributed by atoms with Crippen LogP contribution >= 0.6 is 0 Å². The summed E-state index contributed by atoms with van der Waals surface area (Å²) in [5.74, 6) is 6.62. The number of hydrogen-bond acceptors (Lipinski definition) is 10. The molecular formula is C40H64N2O8.